The van der Waals surface area contributed by atoms with E-state index in [0.717, 1.165) is 23.3 Å². The average molecular weight is 326 g/mol. The van der Waals surface area contributed by atoms with Crippen molar-refractivity contribution < 1.29 is 19.0 Å². The second-order valence-corrected chi connectivity index (χ2v) is 5.19. The Morgan fingerprint density at radius 1 is 1.04 bits per heavy atom. The molecule has 0 aliphatic heterocycles. The van der Waals surface area contributed by atoms with Gasteiger partial charge < -0.3 is 14.2 Å². The summed E-state index contributed by atoms with van der Waals surface area (Å²) in [6.45, 7) is 2.84. The van der Waals surface area contributed by atoms with E-state index in [4.69, 9.17) is 14.2 Å². The molecule has 0 spiro atoms. The third kappa shape index (κ3) is 5.47. The maximum absolute atomic E-state index is 11.8. The number of benzene rings is 2. The highest BCUT2D eigenvalue weighted by Gasteiger charge is 2.11. The van der Waals surface area contributed by atoms with Crippen LogP contribution in [0.5, 0.6) is 5.75 Å². The number of esters is 1. The maximum atomic E-state index is 11.8. The number of rotatable bonds is 8. The van der Waals surface area contributed by atoms with Crippen LogP contribution in [-0.2, 0) is 20.9 Å². The fraction of sp³-hybridized carbons (Fsp3) is 0.250. The second-order valence-electron chi connectivity index (χ2n) is 5.19. The number of methoxy groups -OCH3 is 1. The van der Waals surface area contributed by atoms with Crippen LogP contribution in [0.4, 0.5) is 0 Å². The Hall–Kier alpha value is -2.75. The highest BCUT2D eigenvalue weighted by molar-refractivity contribution is 5.91. The van der Waals surface area contributed by atoms with E-state index in [1.54, 1.807) is 6.08 Å². The van der Waals surface area contributed by atoms with E-state index in [0.29, 0.717) is 13.2 Å². The molecule has 2 rings (SSSR count). The Morgan fingerprint density at radius 2 is 1.75 bits per heavy atom. The van der Waals surface area contributed by atoms with Crippen LogP contribution >= 0.6 is 0 Å². The van der Waals surface area contributed by atoms with Gasteiger partial charge in [-0.25, -0.2) is 4.79 Å². The van der Waals surface area contributed by atoms with Gasteiger partial charge in [0.05, 0.1) is 13.7 Å². The molecule has 0 unspecified atom stereocenters. The van der Waals surface area contributed by atoms with Gasteiger partial charge in [-0.15, -0.1) is 0 Å². The maximum Gasteiger partial charge on any atom is 0.373 e. The number of hydrogen-bond acceptors (Lipinski definition) is 4. The predicted molar refractivity (Wildman–Crippen MR) is 93.5 cm³/mol. The molecule has 0 N–H and O–H groups in total. The van der Waals surface area contributed by atoms with Crippen molar-refractivity contribution in [2.24, 2.45) is 0 Å². The number of hydrogen-bond donors (Lipinski definition) is 0. The van der Waals surface area contributed by atoms with Gasteiger partial charge in [0.2, 0.25) is 5.76 Å². The molecule has 4 heteroatoms. The molecule has 0 aliphatic rings. The summed E-state index contributed by atoms with van der Waals surface area (Å²) in [4.78, 5) is 11.8. The summed E-state index contributed by atoms with van der Waals surface area (Å²) in [5, 5.41) is 0. The minimum Gasteiger partial charge on any atom is -0.490 e. The molecule has 0 heterocycles. The van der Waals surface area contributed by atoms with Crippen molar-refractivity contribution in [1.29, 1.82) is 0 Å². The monoisotopic (exact) mass is 326 g/mol. The molecular formula is C20H22O4. The Morgan fingerprint density at radius 3 is 2.38 bits per heavy atom. The lowest BCUT2D eigenvalue weighted by Crippen LogP contribution is -2.09. The van der Waals surface area contributed by atoms with Crippen LogP contribution in [0.15, 0.2) is 60.4 Å². The molecule has 0 aliphatic carbocycles. The van der Waals surface area contributed by atoms with E-state index >= 15 is 0 Å². The van der Waals surface area contributed by atoms with Crippen molar-refractivity contribution in [2.75, 3.05) is 13.7 Å². The first kappa shape index (κ1) is 17.6. The molecule has 0 atom stereocenters. The zero-order valence-electron chi connectivity index (χ0n) is 14.0. The lowest BCUT2D eigenvalue weighted by molar-refractivity contribution is -0.142. The van der Waals surface area contributed by atoms with Crippen LogP contribution in [-0.4, -0.2) is 19.7 Å². The molecule has 2 aromatic carbocycles. The van der Waals surface area contributed by atoms with E-state index in [-0.39, 0.29) is 5.76 Å². The van der Waals surface area contributed by atoms with E-state index in [2.05, 4.69) is 0 Å². The SMILES string of the molecule is CCCOC(=O)/C(=C/c1ccc(OCc2ccccc2)cc1)OC. The van der Waals surface area contributed by atoms with Crippen molar-refractivity contribution in [2.45, 2.75) is 20.0 Å². The summed E-state index contributed by atoms with van der Waals surface area (Å²) in [6, 6.07) is 17.4. The second kappa shape index (κ2) is 9.40. The summed E-state index contributed by atoms with van der Waals surface area (Å²) in [6.07, 6.45) is 2.43. The van der Waals surface area contributed by atoms with Crippen molar-refractivity contribution in [1.82, 2.24) is 0 Å². The molecule has 0 saturated heterocycles. The largest absolute Gasteiger partial charge is 0.490 e. The first-order valence-electron chi connectivity index (χ1n) is 7.92. The molecule has 4 nitrogen and oxygen atoms in total. The van der Waals surface area contributed by atoms with Gasteiger partial charge in [-0.2, -0.15) is 0 Å². The summed E-state index contributed by atoms with van der Waals surface area (Å²) in [7, 11) is 1.45. The quantitative estimate of drug-likeness (QED) is 0.414. The molecule has 0 fully saturated rings. The van der Waals surface area contributed by atoms with Gasteiger partial charge in [0.15, 0.2) is 0 Å². The number of carbonyl (C=O) groups excluding carboxylic acids is 1. The molecule has 24 heavy (non-hydrogen) atoms. The van der Waals surface area contributed by atoms with Crippen molar-refractivity contribution >= 4 is 12.0 Å². The lowest BCUT2D eigenvalue weighted by atomic mass is 10.2. The topological polar surface area (TPSA) is 44.8 Å². The van der Waals surface area contributed by atoms with Crippen LogP contribution in [0.1, 0.15) is 24.5 Å². The predicted octanol–water partition coefficient (Wildman–Crippen LogP) is 4.21. The summed E-state index contributed by atoms with van der Waals surface area (Å²) in [5.74, 6) is 0.494. The van der Waals surface area contributed by atoms with Crippen LogP contribution in [0, 0.1) is 0 Å². The smallest absolute Gasteiger partial charge is 0.373 e. The van der Waals surface area contributed by atoms with Crippen LogP contribution < -0.4 is 4.74 Å². The number of carbonyl (C=O) groups is 1. The fourth-order valence-corrected chi connectivity index (χ4v) is 2.02. The average Bonchev–Trinajstić information content (AvgIpc) is 2.64. The van der Waals surface area contributed by atoms with Gasteiger partial charge in [-0.1, -0.05) is 49.4 Å². The summed E-state index contributed by atoms with van der Waals surface area (Å²) < 4.78 is 15.9. The van der Waals surface area contributed by atoms with Gasteiger partial charge in [-0.05, 0) is 35.8 Å². The van der Waals surface area contributed by atoms with E-state index in [9.17, 15) is 4.79 Å². The van der Waals surface area contributed by atoms with Gasteiger partial charge in [0.25, 0.3) is 0 Å². The fourth-order valence-electron chi connectivity index (χ4n) is 2.02. The van der Waals surface area contributed by atoms with Crippen molar-refractivity contribution in [3.8, 4) is 5.75 Å². The van der Waals surface area contributed by atoms with Crippen LogP contribution in [0.2, 0.25) is 0 Å². The van der Waals surface area contributed by atoms with Crippen LogP contribution in [0.25, 0.3) is 6.08 Å². The van der Waals surface area contributed by atoms with Crippen molar-refractivity contribution in [3.05, 3.63) is 71.5 Å². The van der Waals surface area contributed by atoms with Gasteiger partial charge >= 0.3 is 5.97 Å². The molecule has 0 aromatic heterocycles. The minimum absolute atomic E-state index is 0.182. The zero-order chi connectivity index (χ0) is 17.2. The first-order valence-corrected chi connectivity index (χ1v) is 7.92. The first-order chi connectivity index (χ1) is 11.7. The van der Waals surface area contributed by atoms with E-state index in [1.165, 1.54) is 7.11 Å². The Bertz CT molecular complexity index is 660. The normalized spacial score (nSPS) is 11.0. The van der Waals surface area contributed by atoms with Crippen molar-refractivity contribution in [3.63, 3.8) is 0 Å². The van der Waals surface area contributed by atoms with Gasteiger partial charge in [0, 0.05) is 0 Å². The van der Waals surface area contributed by atoms with E-state index < -0.39 is 5.97 Å². The highest BCUT2D eigenvalue weighted by Crippen LogP contribution is 2.17. The standard InChI is InChI=1S/C20H22O4/c1-3-13-23-20(21)19(22-2)14-16-9-11-18(12-10-16)24-15-17-7-5-4-6-8-17/h4-12,14H,3,13,15H2,1-2H3/b19-14-. The Labute approximate surface area is 142 Å². The summed E-state index contributed by atoms with van der Waals surface area (Å²) >= 11 is 0. The third-order valence-electron chi connectivity index (χ3n) is 3.28. The molecule has 0 radical (unpaired) electrons. The van der Waals surface area contributed by atoms with Crippen LogP contribution in [0.3, 0.4) is 0 Å². The Kier molecular flexibility index (Phi) is 6.90. The molecule has 0 saturated carbocycles. The van der Waals surface area contributed by atoms with Gasteiger partial charge in [0.1, 0.15) is 12.4 Å². The molecule has 0 bridgehead atoms. The van der Waals surface area contributed by atoms with E-state index in [1.807, 2.05) is 61.5 Å². The van der Waals surface area contributed by atoms with Gasteiger partial charge in [-0.3, -0.25) is 0 Å². The summed E-state index contributed by atoms with van der Waals surface area (Å²) in [5.41, 5.74) is 1.95. The Balaban J connectivity index is 1.97. The molecule has 2 aromatic rings. The molecular weight excluding hydrogens is 304 g/mol. The zero-order valence-corrected chi connectivity index (χ0v) is 14.0. The lowest BCUT2D eigenvalue weighted by Gasteiger charge is -2.08. The minimum atomic E-state index is -0.455. The molecule has 0 amide bonds. The molecule has 126 valence electrons. The third-order valence-corrected chi connectivity index (χ3v) is 3.28. The highest BCUT2D eigenvalue weighted by atomic mass is 16.6. The number of ether oxygens (including phenoxy) is 3.